The van der Waals surface area contributed by atoms with E-state index in [0.717, 1.165) is 31.2 Å². The molecule has 3 heterocycles. The average molecular weight is 331 g/mol. The van der Waals surface area contributed by atoms with Crippen molar-refractivity contribution in [3.05, 3.63) is 18.0 Å². The Morgan fingerprint density at radius 3 is 2.58 bits per heavy atom. The van der Waals surface area contributed by atoms with E-state index in [0.29, 0.717) is 25.6 Å². The van der Waals surface area contributed by atoms with Crippen molar-refractivity contribution in [3.63, 3.8) is 0 Å². The molecule has 1 spiro atoms. The number of amides is 3. The van der Waals surface area contributed by atoms with Crippen molar-refractivity contribution in [1.82, 2.24) is 24.9 Å². The first-order chi connectivity index (χ1) is 11.5. The molecule has 2 aliphatic heterocycles. The number of likely N-dealkylation sites (tertiary alicyclic amines) is 2. The topological polar surface area (TPSA) is 70.5 Å². The van der Waals surface area contributed by atoms with E-state index in [1.165, 1.54) is 0 Å². The van der Waals surface area contributed by atoms with Gasteiger partial charge in [0.1, 0.15) is 0 Å². The molecule has 1 atom stereocenters. The Labute approximate surface area is 142 Å². The van der Waals surface area contributed by atoms with E-state index < -0.39 is 0 Å². The molecule has 24 heavy (non-hydrogen) atoms. The zero-order valence-corrected chi connectivity index (χ0v) is 14.4. The van der Waals surface area contributed by atoms with Crippen LogP contribution in [0.5, 0.6) is 0 Å². The Kier molecular flexibility index (Phi) is 3.54. The van der Waals surface area contributed by atoms with Crippen molar-refractivity contribution in [2.75, 3.05) is 20.1 Å². The molecule has 0 radical (unpaired) electrons. The van der Waals surface area contributed by atoms with Gasteiger partial charge in [0.25, 0.3) is 0 Å². The van der Waals surface area contributed by atoms with Crippen LogP contribution in [0.3, 0.4) is 0 Å². The van der Waals surface area contributed by atoms with E-state index in [1.807, 2.05) is 36.3 Å². The second kappa shape index (κ2) is 5.50. The molecule has 4 rings (SSSR count). The number of piperidine rings is 1. The number of nitrogens with zero attached hydrogens (tertiary/aromatic N) is 4. The normalized spacial score (nSPS) is 26.2. The molecule has 3 amide bonds. The molecule has 2 saturated heterocycles. The van der Waals surface area contributed by atoms with Crippen LogP contribution >= 0.6 is 0 Å². The van der Waals surface area contributed by atoms with Gasteiger partial charge in [-0.15, -0.1) is 0 Å². The number of carbonyl (C=O) groups is 2. The smallest absolute Gasteiger partial charge is 0.317 e. The summed E-state index contributed by atoms with van der Waals surface area (Å²) in [7, 11) is 3.82. The van der Waals surface area contributed by atoms with E-state index in [9.17, 15) is 9.59 Å². The van der Waals surface area contributed by atoms with E-state index in [4.69, 9.17) is 0 Å². The lowest BCUT2D eigenvalue weighted by molar-refractivity contribution is -0.130. The average Bonchev–Trinajstić information content (AvgIpc) is 3.24. The Bertz CT molecular complexity index is 658. The van der Waals surface area contributed by atoms with Crippen molar-refractivity contribution < 1.29 is 9.59 Å². The lowest BCUT2D eigenvalue weighted by Gasteiger charge is -2.46. The molecule has 3 fully saturated rings. The van der Waals surface area contributed by atoms with Gasteiger partial charge in [0.15, 0.2) is 0 Å². The molecule has 1 aromatic rings. The number of aryl methyl sites for hydroxylation is 1. The van der Waals surface area contributed by atoms with Crippen molar-refractivity contribution in [1.29, 1.82) is 0 Å². The van der Waals surface area contributed by atoms with Crippen molar-refractivity contribution >= 4 is 11.9 Å². The fourth-order valence-electron chi connectivity index (χ4n) is 4.31. The van der Waals surface area contributed by atoms with Gasteiger partial charge in [0, 0.05) is 51.8 Å². The number of rotatable bonds is 2. The number of hydrogen-bond donors (Lipinski definition) is 1. The monoisotopic (exact) mass is 331 g/mol. The Morgan fingerprint density at radius 2 is 2.00 bits per heavy atom. The molecule has 0 bridgehead atoms. The summed E-state index contributed by atoms with van der Waals surface area (Å²) < 4.78 is 1.80. The zero-order chi connectivity index (χ0) is 16.9. The first-order valence-electron chi connectivity index (χ1n) is 8.80. The second-order valence-electron chi connectivity index (χ2n) is 7.47. The molecule has 1 aromatic heterocycles. The highest BCUT2D eigenvalue weighted by atomic mass is 16.2. The number of carbonyl (C=O) groups excluding carboxylic acids is 2. The van der Waals surface area contributed by atoms with Crippen LogP contribution in [0.15, 0.2) is 12.4 Å². The SMILES string of the molecule is CN1C(=O)C[C@@H](c2cnn(C)c2)C12CCN(C(=O)NC1CC1)CC2. The molecular weight excluding hydrogens is 306 g/mol. The molecular formula is C17H25N5O2. The predicted molar refractivity (Wildman–Crippen MR) is 88.4 cm³/mol. The quantitative estimate of drug-likeness (QED) is 0.881. The maximum atomic E-state index is 12.4. The predicted octanol–water partition coefficient (Wildman–Crippen LogP) is 1.07. The summed E-state index contributed by atoms with van der Waals surface area (Å²) in [5, 5.41) is 7.35. The zero-order valence-electron chi connectivity index (χ0n) is 14.4. The van der Waals surface area contributed by atoms with Gasteiger partial charge in [-0.3, -0.25) is 9.48 Å². The van der Waals surface area contributed by atoms with Crippen LogP contribution in [-0.4, -0.2) is 63.2 Å². The minimum Gasteiger partial charge on any atom is -0.339 e. The lowest BCUT2D eigenvalue weighted by atomic mass is 9.74. The van der Waals surface area contributed by atoms with Gasteiger partial charge >= 0.3 is 6.03 Å². The first-order valence-corrected chi connectivity index (χ1v) is 8.80. The number of aromatic nitrogens is 2. The largest absolute Gasteiger partial charge is 0.339 e. The third-order valence-electron chi connectivity index (χ3n) is 6.02. The molecule has 3 aliphatic rings. The molecule has 0 aromatic carbocycles. The van der Waals surface area contributed by atoms with Gasteiger partial charge in [-0.2, -0.15) is 5.10 Å². The van der Waals surface area contributed by atoms with Crippen LogP contribution in [0.1, 0.15) is 43.6 Å². The highest BCUT2D eigenvalue weighted by Crippen LogP contribution is 2.48. The van der Waals surface area contributed by atoms with E-state index in [2.05, 4.69) is 10.4 Å². The minimum absolute atomic E-state index is 0.0530. The fraction of sp³-hybridized carbons (Fsp3) is 0.706. The fourth-order valence-corrected chi connectivity index (χ4v) is 4.31. The summed E-state index contributed by atoms with van der Waals surface area (Å²) in [6.45, 7) is 1.40. The standard InChI is InChI=1S/C17H25N5O2/c1-20-11-12(10-18-20)14-9-15(23)21(2)17(14)5-7-22(8-6-17)16(24)19-13-3-4-13/h10-11,13-14H,3-9H2,1-2H3,(H,19,24)/t14-/m0/s1. The molecule has 7 nitrogen and oxygen atoms in total. The van der Waals surface area contributed by atoms with Crippen LogP contribution in [0, 0.1) is 0 Å². The van der Waals surface area contributed by atoms with Crippen LogP contribution in [0.25, 0.3) is 0 Å². The summed E-state index contributed by atoms with van der Waals surface area (Å²) in [5.41, 5.74) is 0.947. The number of likely N-dealkylation sites (N-methyl/N-ethyl adjacent to an activating group) is 1. The second-order valence-corrected chi connectivity index (χ2v) is 7.47. The number of hydrogen-bond acceptors (Lipinski definition) is 3. The third-order valence-corrected chi connectivity index (χ3v) is 6.02. The van der Waals surface area contributed by atoms with Gasteiger partial charge in [0.2, 0.25) is 5.91 Å². The Hall–Kier alpha value is -2.05. The van der Waals surface area contributed by atoms with Crippen molar-refractivity contribution in [2.24, 2.45) is 7.05 Å². The minimum atomic E-state index is -0.184. The van der Waals surface area contributed by atoms with Crippen LogP contribution in [0.4, 0.5) is 4.79 Å². The van der Waals surface area contributed by atoms with Crippen molar-refractivity contribution in [3.8, 4) is 0 Å². The summed E-state index contributed by atoms with van der Waals surface area (Å²) in [4.78, 5) is 28.5. The van der Waals surface area contributed by atoms with Gasteiger partial charge < -0.3 is 15.1 Å². The van der Waals surface area contributed by atoms with E-state index >= 15 is 0 Å². The van der Waals surface area contributed by atoms with Crippen molar-refractivity contribution in [2.45, 2.75) is 49.6 Å². The van der Waals surface area contributed by atoms with Gasteiger partial charge in [-0.1, -0.05) is 0 Å². The van der Waals surface area contributed by atoms with Crippen LogP contribution in [0.2, 0.25) is 0 Å². The summed E-state index contributed by atoms with van der Waals surface area (Å²) in [6, 6.07) is 0.435. The van der Waals surface area contributed by atoms with Gasteiger partial charge in [-0.05, 0) is 31.2 Å². The third kappa shape index (κ3) is 2.46. The molecule has 1 aliphatic carbocycles. The summed E-state index contributed by atoms with van der Waals surface area (Å²) in [5.74, 6) is 0.358. The highest BCUT2D eigenvalue weighted by Gasteiger charge is 2.53. The first kappa shape index (κ1) is 15.5. The lowest BCUT2D eigenvalue weighted by Crippen LogP contribution is -2.56. The summed E-state index contributed by atoms with van der Waals surface area (Å²) >= 11 is 0. The molecule has 130 valence electrons. The Morgan fingerprint density at radius 1 is 1.29 bits per heavy atom. The molecule has 7 heteroatoms. The molecule has 1 N–H and O–H groups in total. The van der Waals surface area contributed by atoms with Gasteiger partial charge in [-0.25, -0.2) is 4.79 Å². The highest BCUT2D eigenvalue weighted by molar-refractivity contribution is 5.81. The van der Waals surface area contributed by atoms with Crippen LogP contribution in [-0.2, 0) is 11.8 Å². The summed E-state index contributed by atoms with van der Waals surface area (Å²) in [6.07, 6.45) is 8.29. The Balaban J connectivity index is 1.51. The number of urea groups is 1. The number of nitrogens with one attached hydrogen (secondary N) is 1. The molecule has 1 saturated carbocycles. The van der Waals surface area contributed by atoms with Crippen LogP contribution < -0.4 is 5.32 Å². The maximum absolute atomic E-state index is 12.4. The van der Waals surface area contributed by atoms with E-state index in [-0.39, 0.29) is 23.4 Å². The van der Waals surface area contributed by atoms with E-state index in [1.54, 1.807) is 4.68 Å². The maximum Gasteiger partial charge on any atom is 0.317 e. The van der Waals surface area contributed by atoms with Gasteiger partial charge in [0.05, 0.1) is 11.7 Å². The molecule has 0 unspecified atom stereocenters.